The molecule has 100 valence electrons. The average Bonchev–Trinajstić information content (AvgIpc) is 2.39. The molecule has 0 aromatic rings. The number of piperidine rings is 1. The Kier molecular flexibility index (Phi) is 6.26. The minimum absolute atomic E-state index is 0.264. The highest BCUT2D eigenvalue weighted by Crippen LogP contribution is 2.12. The molecule has 3 nitrogen and oxygen atoms in total. The molecule has 1 N–H and O–H groups in total. The van der Waals surface area contributed by atoms with E-state index in [0.29, 0.717) is 12.5 Å². The Morgan fingerprint density at radius 1 is 1.39 bits per heavy atom. The molecule has 1 aliphatic rings. The first kappa shape index (κ1) is 14.6. The van der Waals surface area contributed by atoms with Crippen molar-refractivity contribution in [1.82, 2.24) is 10.2 Å². The predicted molar refractivity (Wildman–Crippen MR) is 76.1 cm³/mol. The van der Waals surface area contributed by atoms with Crippen LogP contribution in [0.5, 0.6) is 0 Å². The number of nitrogens with one attached hydrogen (secondary N) is 1. The Labute approximate surface area is 110 Å². The maximum absolute atomic E-state index is 11.5. The maximum Gasteiger partial charge on any atom is 0.222 e. The van der Waals surface area contributed by atoms with Gasteiger partial charge in [-0.2, -0.15) is 0 Å². The Bertz CT molecular complexity index is 336. The van der Waals surface area contributed by atoms with Crippen molar-refractivity contribution >= 4 is 5.91 Å². The van der Waals surface area contributed by atoms with Crippen molar-refractivity contribution in [3.8, 4) is 0 Å². The highest BCUT2D eigenvalue weighted by atomic mass is 16.2. The molecule has 0 aromatic heterocycles. The number of carbonyl (C=O) groups excluding carboxylic acids is 1. The summed E-state index contributed by atoms with van der Waals surface area (Å²) in [5.41, 5.74) is 0.938. The summed E-state index contributed by atoms with van der Waals surface area (Å²) in [5, 5.41) is 3.40. The minimum atomic E-state index is 0.264. The van der Waals surface area contributed by atoms with E-state index in [2.05, 4.69) is 11.9 Å². The monoisotopic (exact) mass is 248 g/mol. The zero-order valence-corrected chi connectivity index (χ0v) is 11.5. The normalized spacial score (nSPS) is 17.6. The molecule has 1 aliphatic heterocycles. The van der Waals surface area contributed by atoms with Crippen molar-refractivity contribution in [1.29, 1.82) is 0 Å². The van der Waals surface area contributed by atoms with E-state index in [1.807, 2.05) is 43.1 Å². The van der Waals surface area contributed by atoms with E-state index in [0.717, 1.165) is 31.6 Å². The Morgan fingerprint density at radius 3 is 2.61 bits per heavy atom. The summed E-state index contributed by atoms with van der Waals surface area (Å²) in [5.74, 6) is 0.264. The van der Waals surface area contributed by atoms with E-state index in [-0.39, 0.29) is 5.91 Å². The maximum atomic E-state index is 11.5. The molecule has 18 heavy (non-hydrogen) atoms. The van der Waals surface area contributed by atoms with Gasteiger partial charge < -0.3 is 10.2 Å². The zero-order valence-electron chi connectivity index (χ0n) is 11.5. The van der Waals surface area contributed by atoms with Crippen LogP contribution in [0.3, 0.4) is 0 Å². The lowest BCUT2D eigenvalue weighted by Crippen LogP contribution is -2.44. The van der Waals surface area contributed by atoms with Gasteiger partial charge in [-0.15, -0.1) is 0 Å². The largest absolute Gasteiger partial charge is 0.383 e. The van der Waals surface area contributed by atoms with Crippen LogP contribution in [-0.2, 0) is 4.79 Å². The highest BCUT2D eigenvalue weighted by Gasteiger charge is 2.21. The van der Waals surface area contributed by atoms with Gasteiger partial charge in [0, 0.05) is 31.2 Å². The van der Waals surface area contributed by atoms with Gasteiger partial charge in [0.05, 0.1) is 0 Å². The predicted octanol–water partition coefficient (Wildman–Crippen LogP) is 2.62. The number of rotatable bonds is 5. The van der Waals surface area contributed by atoms with Gasteiger partial charge in [0.1, 0.15) is 0 Å². The molecule has 0 spiro atoms. The molecule has 1 rings (SSSR count). The van der Waals surface area contributed by atoms with E-state index in [4.69, 9.17) is 0 Å². The Morgan fingerprint density at radius 2 is 2.06 bits per heavy atom. The Hall–Kier alpha value is -1.51. The molecule has 1 heterocycles. The molecule has 0 saturated carbocycles. The van der Waals surface area contributed by atoms with Crippen molar-refractivity contribution in [3.63, 3.8) is 0 Å². The SMILES string of the molecule is C=C(/C=C\C=C/C)NC1CCN(C(=O)CC)CC1. The second kappa shape index (κ2) is 7.75. The van der Waals surface area contributed by atoms with Crippen LogP contribution in [0.1, 0.15) is 33.1 Å². The minimum Gasteiger partial charge on any atom is -0.383 e. The number of amides is 1. The quantitative estimate of drug-likeness (QED) is 0.759. The van der Waals surface area contributed by atoms with E-state index in [1.54, 1.807) is 0 Å². The third kappa shape index (κ3) is 4.78. The van der Waals surface area contributed by atoms with Crippen LogP contribution in [0.25, 0.3) is 0 Å². The third-order valence-electron chi connectivity index (χ3n) is 3.14. The van der Waals surface area contributed by atoms with Crippen LogP contribution in [0, 0.1) is 0 Å². The fraction of sp³-hybridized carbons (Fsp3) is 0.533. The fourth-order valence-corrected chi connectivity index (χ4v) is 2.09. The first-order valence-corrected chi connectivity index (χ1v) is 6.70. The topological polar surface area (TPSA) is 32.3 Å². The molecular weight excluding hydrogens is 224 g/mol. The molecular formula is C15H24N2O. The van der Waals surface area contributed by atoms with Crippen molar-refractivity contribution in [2.45, 2.75) is 39.2 Å². The van der Waals surface area contributed by atoms with Crippen LogP contribution in [-0.4, -0.2) is 29.9 Å². The summed E-state index contributed by atoms with van der Waals surface area (Å²) in [6.07, 6.45) is 10.5. The van der Waals surface area contributed by atoms with Crippen molar-refractivity contribution in [2.75, 3.05) is 13.1 Å². The second-order valence-electron chi connectivity index (χ2n) is 4.56. The molecule has 0 radical (unpaired) electrons. The van der Waals surface area contributed by atoms with E-state index < -0.39 is 0 Å². The van der Waals surface area contributed by atoms with Gasteiger partial charge in [0.15, 0.2) is 0 Å². The summed E-state index contributed by atoms with van der Waals surface area (Å²) < 4.78 is 0. The van der Waals surface area contributed by atoms with Gasteiger partial charge in [-0.05, 0) is 25.8 Å². The van der Waals surface area contributed by atoms with Crippen LogP contribution in [0.15, 0.2) is 36.6 Å². The van der Waals surface area contributed by atoms with E-state index in [9.17, 15) is 4.79 Å². The van der Waals surface area contributed by atoms with Gasteiger partial charge in [0.25, 0.3) is 0 Å². The lowest BCUT2D eigenvalue weighted by molar-refractivity contribution is -0.131. The zero-order chi connectivity index (χ0) is 13.4. The molecule has 1 saturated heterocycles. The van der Waals surface area contributed by atoms with Gasteiger partial charge in [-0.1, -0.05) is 31.7 Å². The summed E-state index contributed by atoms with van der Waals surface area (Å²) >= 11 is 0. The summed E-state index contributed by atoms with van der Waals surface area (Å²) in [6.45, 7) is 9.60. The van der Waals surface area contributed by atoms with Gasteiger partial charge >= 0.3 is 0 Å². The van der Waals surface area contributed by atoms with E-state index >= 15 is 0 Å². The molecule has 0 unspecified atom stereocenters. The van der Waals surface area contributed by atoms with Crippen LogP contribution >= 0.6 is 0 Å². The van der Waals surface area contributed by atoms with Gasteiger partial charge in [0.2, 0.25) is 5.91 Å². The highest BCUT2D eigenvalue weighted by molar-refractivity contribution is 5.75. The molecule has 1 amide bonds. The van der Waals surface area contributed by atoms with Crippen molar-refractivity contribution in [3.05, 3.63) is 36.6 Å². The molecule has 3 heteroatoms. The summed E-state index contributed by atoms with van der Waals surface area (Å²) in [4.78, 5) is 13.5. The first-order valence-electron chi connectivity index (χ1n) is 6.70. The lowest BCUT2D eigenvalue weighted by Gasteiger charge is -2.32. The third-order valence-corrected chi connectivity index (χ3v) is 3.14. The molecule has 0 aliphatic carbocycles. The standard InChI is InChI=1S/C15H24N2O/c1-4-6-7-8-13(3)16-14-9-11-17(12-10-14)15(18)5-2/h4,6-8,14,16H,3,5,9-12H2,1-2H3/b6-4-,8-7-. The van der Waals surface area contributed by atoms with E-state index in [1.165, 1.54) is 0 Å². The Balaban J connectivity index is 2.31. The smallest absolute Gasteiger partial charge is 0.222 e. The van der Waals surface area contributed by atoms with Gasteiger partial charge in [-0.3, -0.25) is 4.79 Å². The molecule has 0 bridgehead atoms. The number of hydrogen-bond donors (Lipinski definition) is 1. The number of hydrogen-bond acceptors (Lipinski definition) is 2. The molecule has 1 fully saturated rings. The average molecular weight is 248 g/mol. The molecule has 0 atom stereocenters. The lowest BCUT2D eigenvalue weighted by atomic mass is 10.0. The van der Waals surface area contributed by atoms with Crippen LogP contribution in [0.4, 0.5) is 0 Å². The van der Waals surface area contributed by atoms with Crippen LogP contribution < -0.4 is 5.32 Å². The number of likely N-dealkylation sites (tertiary alicyclic amines) is 1. The van der Waals surface area contributed by atoms with Gasteiger partial charge in [-0.25, -0.2) is 0 Å². The fourth-order valence-electron chi connectivity index (χ4n) is 2.09. The summed E-state index contributed by atoms with van der Waals surface area (Å²) in [6, 6.07) is 0.439. The summed E-state index contributed by atoms with van der Waals surface area (Å²) in [7, 11) is 0. The number of carbonyl (C=O) groups is 1. The second-order valence-corrected chi connectivity index (χ2v) is 4.56. The molecule has 0 aromatic carbocycles. The number of allylic oxidation sites excluding steroid dienone is 4. The number of nitrogens with zero attached hydrogens (tertiary/aromatic N) is 1. The van der Waals surface area contributed by atoms with Crippen molar-refractivity contribution < 1.29 is 4.79 Å². The van der Waals surface area contributed by atoms with Crippen LogP contribution in [0.2, 0.25) is 0 Å². The van der Waals surface area contributed by atoms with Crippen molar-refractivity contribution in [2.24, 2.45) is 0 Å². The first-order chi connectivity index (χ1) is 8.67.